The number of hydrogen-bond donors (Lipinski definition) is 1. The molecule has 1 amide bonds. The van der Waals surface area contributed by atoms with Crippen LogP contribution in [-0.4, -0.2) is 42.8 Å². The molecular weight excluding hydrogens is 276 g/mol. The van der Waals surface area contributed by atoms with E-state index in [0.29, 0.717) is 10.6 Å². The number of amides is 1. The van der Waals surface area contributed by atoms with E-state index in [0.717, 1.165) is 19.5 Å². The summed E-state index contributed by atoms with van der Waals surface area (Å²) in [5.41, 5.74) is 0.604. The number of carbonyl (C=O) groups is 2. The third-order valence-corrected chi connectivity index (χ3v) is 3.96. The van der Waals surface area contributed by atoms with Gasteiger partial charge in [0.25, 0.3) is 0 Å². The molecular formula is C15H19ClN2O2. The number of nitrogens with zero attached hydrogens (tertiary/aromatic N) is 1. The van der Waals surface area contributed by atoms with Gasteiger partial charge in [-0.05, 0) is 37.2 Å². The number of Topliss-reactive ketones (excluding diaryl/α,β-unsaturated/α-hetero) is 1. The lowest BCUT2D eigenvalue weighted by atomic mass is 10.1. The maximum atomic E-state index is 12.0. The zero-order valence-electron chi connectivity index (χ0n) is 11.6. The third kappa shape index (κ3) is 3.81. The standard InChI is InChI=1S/C15H19ClN2O2/c1-18(13-8-9-17-10-13)15(20)7-6-14(19)11-2-4-12(16)5-3-11/h2-5,13,17H,6-10H2,1H3. The predicted octanol–water partition coefficient (Wildman–Crippen LogP) is 2.12. The van der Waals surface area contributed by atoms with Crippen molar-refractivity contribution in [1.82, 2.24) is 10.2 Å². The molecule has 108 valence electrons. The van der Waals surface area contributed by atoms with Crippen LogP contribution >= 0.6 is 11.6 Å². The monoisotopic (exact) mass is 294 g/mol. The Labute approximate surface area is 124 Å². The highest BCUT2D eigenvalue weighted by molar-refractivity contribution is 6.30. The van der Waals surface area contributed by atoms with Crippen LogP contribution in [0.4, 0.5) is 0 Å². The van der Waals surface area contributed by atoms with Gasteiger partial charge in [-0.15, -0.1) is 0 Å². The summed E-state index contributed by atoms with van der Waals surface area (Å²) in [6.45, 7) is 1.79. The lowest BCUT2D eigenvalue weighted by Crippen LogP contribution is -2.38. The number of carbonyl (C=O) groups excluding carboxylic acids is 2. The molecule has 2 rings (SSSR count). The summed E-state index contributed by atoms with van der Waals surface area (Å²) in [6.07, 6.45) is 1.48. The zero-order chi connectivity index (χ0) is 14.5. The van der Waals surface area contributed by atoms with E-state index >= 15 is 0 Å². The number of hydrogen-bond acceptors (Lipinski definition) is 3. The molecule has 1 fully saturated rings. The molecule has 1 aromatic carbocycles. The molecule has 1 N–H and O–H groups in total. The van der Waals surface area contributed by atoms with Gasteiger partial charge in [-0.25, -0.2) is 0 Å². The van der Waals surface area contributed by atoms with Crippen molar-refractivity contribution in [3.8, 4) is 0 Å². The Kier molecular flexibility index (Phi) is 5.15. The topological polar surface area (TPSA) is 49.4 Å². The lowest BCUT2D eigenvalue weighted by Gasteiger charge is -2.23. The van der Waals surface area contributed by atoms with E-state index in [2.05, 4.69) is 5.32 Å². The van der Waals surface area contributed by atoms with Gasteiger partial charge in [0.05, 0.1) is 0 Å². The molecule has 1 atom stereocenters. The van der Waals surface area contributed by atoms with Crippen molar-refractivity contribution >= 4 is 23.3 Å². The second kappa shape index (κ2) is 6.86. The summed E-state index contributed by atoms with van der Waals surface area (Å²) >= 11 is 5.78. The van der Waals surface area contributed by atoms with Crippen molar-refractivity contribution in [3.63, 3.8) is 0 Å². The average molecular weight is 295 g/mol. The van der Waals surface area contributed by atoms with Gasteiger partial charge in [0.15, 0.2) is 5.78 Å². The highest BCUT2D eigenvalue weighted by atomic mass is 35.5. The molecule has 0 bridgehead atoms. The minimum Gasteiger partial charge on any atom is -0.341 e. The van der Waals surface area contributed by atoms with Gasteiger partial charge < -0.3 is 10.2 Å². The molecule has 20 heavy (non-hydrogen) atoms. The molecule has 0 radical (unpaired) electrons. The lowest BCUT2D eigenvalue weighted by molar-refractivity contribution is -0.131. The van der Waals surface area contributed by atoms with Crippen molar-refractivity contribution in [2.45, 2.75) is 25.3 Å². The van der Waals surface area contributed by atoms with Crippen molar-refractivity contribution < 1.29 is 9.59 Å². The number of nitrogens with one attached hydrogen (secondary N) is 1. The fourth-order valence-corrected chi connectivity index (χ4v) is 2.48. The first kappa shape index (κ1) is 15.0. The SMILES string of the molecule is CN(C(=O)CCC(=O)c1ccc(Cl)cc1)C1CCNC1. The molecule has 5 heteroatoms. The van der Waals surface area contributed by atoms with Crippen molar-refractivity contribution in [3.05, 3.63) is 34.9 Å². The number of likely N-dealkylation sites (N-methyl/N-ethyl adjacent to an activating group) is 1. The van der Waals surface area contributed by atoms with Gasteiger partial charge in [-0.3, -0.25) is 9.59 Å². The highest BCUT2D eigenvalue weighted by Crippen LogP contribution is 2.13. The summed E-state index contributed by atoms with van der Waals surface area (Å²) in [6, 6.07) is 7.02. The summed E-state index contributed by atoms with van der Waals surface area (Å²) < 4.78 is 0. The van der Waals surface area contributed by atoms with Gasteiger partial charge in [-0.1, -0.05) is 11.6 Å². The van der Waals surface area contributed by atoms with E-state index in [-0.39, 0.29) is 30.6 Å². The van der Waals surface area contributed by atoms with Crippen LogP contribution < -0.4 is 5.32 Å². The van der Waals surface area contributed by atoms with Crippen LogP contribution in [0.3, 0.4) is 0 Å². The van der Waals surface area contributed by atoms with E-state index < -0.39 is 0 Å². The molecule has 4 nitrogen and oxygen atoms in total. The number of halogens is 1. The van der Waals surface area contributed by atoms with E-state index in [4.69, 9.17) is 11.6 Å². The van der Waals surface area contributed by atoms with Crippen LogP contribution in [0.2, 0.25) is 5.02 Å². The Morgan fingerprint density at radius 3 is 2.60 bits per heavy atom. The largest absolute Gasteiger partial charge is 0.341 e. The highest BCUT2D eigenvalue weighted by Gasteiger charge is 2.23. The summed E-state index contributed by atoms with van der Waals surface area (Å²) in [7, 11) is 1.81. The van der Waals surface area contributed by atoms with Crippen molar-refractivity contribution in [2.24, 2.45) is 0 Å². The van der Waals surface area contributed by atoms with E-state index in [1.54, 1.807) is 29.2 Å². The molecule has 0 aliphatic carbocycles. The minimum atomic E-state index is -0.0204. The first-order chi connectivity index (χ1) is 9.58. The molecule has 0 spiro atoms. The van der Waals surface area contributed by atoms with Crippen LogP contribution in [0.15, 0.2) is 24.3 Å². The van der Waals surface area contributed by atoms with Crippen molar-refractivity contribution in [1.29, 1.82) is 0 Å². The normalized spacial score (nSPS) is 18.0. The van der Waals surface area contributed by atoms with Gasteiger partial charge in [0, 0.05) is 43.1 Å². The van der Waals surface area contributed by atoms with Gasteiger partial charge in [-0.2, -0.15) is 0 Å². The zero-order valence-corrected chi connectivity index (χ0v) is 12.3. The van der Waals surface area contributed by atoms with E-state index in [1.807, 2.05) is 7.05 Å². The molecule has 0 saturated carbocycles. The fourth-order valence-electron chi connectivity index (χ4n) is 2.35. The quantitative estimate of drug-likeness (QED) is 0.846. The Morgan fingerprint density at radius 2 is 2.00 bits per heavy atom. The molecule has 0 aromatic heterocycles. The first-order valence-electron chi connectivity index (χ1n) is 6.83. The number of rotatable bonds is 5. The van der Waals surface area contributed by atoms with E-state index in [9.17, 15) is 9.59 Å². The second-order valence-corrected chi connectivity index (χ2v) is 5.52. The maximum Gasteiger partial charge on any atom is 0.223 e. The maximum absolute atomic E-state index is 12.0. The summed E-state index contributed by atoms with van der Waals surface area (Å²) in [4.78, 5) is 25.8. The molecule has 1 aliphatic rings. The van der Waals surface area contributed by atoms with Gasteiger partial charge >= 0.3 is 0 Å². The van der Waals surface area contributed by atoms with Crippen LogP contribution in [0.1, 0.15) is 29.6 Å². The Morgan fingerprint density at radius 1 is 1.30 bits per heavy atom. The molecule has 1 aromatic rings. The minimum absolute atomic E-state index is 0.0204. The predicted molar refractivity (Wildman–Crippen MR) is 79.1 cm³/mol. The Balaban J connectivity index is 1.83. The average Bonchev–Trinajstić information content (AvgIpc) is 2.98. The summed E-state index contributed by atoms with van der Waals surface area (Å²) in [5.74, 6) is 0.00831. The second-order valence-electron chi connectivity index (χ2n) is 5.08. The number of benzene rings is 1. The van der Waals surface area contributed by atoms with Crippen LogP contribution in [0.25, 0.3) is 0 Å². The third-order valence-electron chi connectivity index (χ3n) is 3.71. The van der Waals surface area contributed by atoms with Crippen molar-refractivity contribution in [2.75, 3.05) is 20.1 Å². The smallest absolute Gasteiger partial charge is 0.223 e. The van der Waals surface area contributed by atoms with Crippen LogP contribution in [0, 0.1) is 0 Å². The molecule has 1 aliphatic heterocycles. The molecule has 1 heterocycles. The first-order valence-corrected chi connectivity index (χ1v) is 7.21. The summed E-state index contributed by atoms with van der Waals surface area (Å²) in [5, 5.41) is 3.83. The van der Waals surface area contributed by atoms with Crippen LogP contribution in [-0.2, 0) is 4.79 Å². The number of ketones is 1. The molecule has 1 saturated heterocycles. The van der Waals surface area contributed by atoms with Gasteiger partial charge in [0.1, 0.15) is 0 Å². The Bertz CT molecular complexity index is 481. The molecule has 1 unspecified atom stereocenters. The Hall–Kier alpha value is -1.39. The van der Waals surface area contributed by atoms with Crippen LogP contribution in [0.5, 0.6) is 0 Å². The van der Waals surface area contributed by atoms with Gasteiger partial charge in [0.2, 0.25) is 5.91 Å². The van der Waals surface area contributed by atoms with E-state index in [1.165, 1.54) is 0 Å². The fraction of sp³-hybridized carbons (Fsp3) is 0.467.